The zero-order valence-electron chi connectivity index (χ0n) is 11.5. The van der Waals surface area contributed by atoms with Crippen LogP contribution < -0.4 is 14.8 Å². The maximum Gasteiger partial charge on any atom is 0.163 e. The van der Waals surface area contributed by atoms with Crippen molar-refractivity contribution in [1.29, 1.82) is 0 Å². The summed E-state index contributed by atoms with van der Waals surface area (Å²) in [5, 5.41) is 3.49. The van der Waals surface area contributed by atoms with Gasteiger partial charge in [-0.15, -0.1) is 0 Å². The number of methoxy groups -OCH3 is 1. The molecule has 1 atom stereocenters. The van der Waals surface area contributed by atoms with Gasteiger partial charge in [-0.05, 0) is 21.8 Å². The maximum absolute atomic E-state index is 5.60. The van der Waals surface area contributed by atoms with Gasteiger partial charge >= 0.3 is 0 Å². The Hall–Kier alpha value is -0.940. The van der Waals surface area contributed by atoms with Crippen LogP contribution in [0.2, 0.25) is 0 Å². The summed E-state index contributed by atoms with van der Waals surface area (Å²) in [5.74, 6) is 2.05. The number of nitrogens with one attached hydrogen (secondary N) is 1. The summed E-state index contributed by atoms with van der Waals surface area (Å²) in [6, 6.07) is 4.17. The van der Waals surface area contributed by atoms with E-state index in [9.17, 15) is 0 Å². The molecule has 19 heavy (non-hydrogen) atoms. The minimum atomic E-state index is 0.254. The van der Waals surface area contributed by atoms with Crippen LogP contribution in [0.25, 0.3) is 0 Å². The topological polar surface area (TPSA) is 39.7 Å². The summed E-state index contributed by atoms with van der Waals surface area (Å²) in [4.78, 5) is 0. The molecule has 1 aromatic rings. The molecule has 0 radical (unpaired) electrons. The molecule has 4 nitrogen and oxygen atoms in total. The Morgan fingerprint density at radius 2 is 1.89 bits per heavy atom. The predicted molar refractivity (Wildman–Crippen MR) is 79.3 cm³/mol. The smallest absolute Gasteiger partial charge is 0.163 e. The first-order valence-corrected chi connectivity index (χ1v) is 7.25. The molecule has 1 N–H and O–H groups in total. The van der Waals surface area contributed by atoms with Crippen molar-refractivity contribution < 1.29 is 14.2 Å². The lowest BCUT2D eigenvalue weighted by Crippen LogP contribution is -2.30. The van der Waals surface area contributed by atoms with Crippen LogP contribution in [0.4, 0.5) is 5.69 Å². The van der Waals surface area contributed by atoms with Crippen molar-refractivity contribution >= 4 is 21.6 Å². The minimum absolute atomic E-state index is 0.254. The zero-order chi connectivity index (χ0) is 13.8. The van der Waals surface area contributed by atoms with Gasteiger partial charge in [-0.25, -0.2) is 0 Å². The van der Waals surface area contributed by atoms with E-state index in [0.717, 1.165) is 21.7 Å². The van der Waals surface area contributed by atoms with E-state index in [2.05, 4.69) is 35.1 Å². The number of anilines is 1. The molecule has 0 bridgehead atoms. The molecule has 0 saturated heterocycles. The lowest BCUT2D eigenvalue weighted by Gasteiger charge is -2.25. The highest BCUT2D eigenvalue weighted by Gasteiger charge is 2.18. The summed E-state index contributed by atoms with van der Waals surface area (Å²) in [6.07, 6.45) is 0. The fourth-order valence-electron chi connectivity index (χ4n) is 1.95. The van der Waals surface area contributed by atoms with Gasteiger partial charge in [0, 0.05) is 23.7 Å². The van der Waals surface area contributed by atoms with E-state index in [4.69, 9.17) is 14.2 Å². The molecular formula is C14H20BrNO3. The molecule has 1 aromatic carbocycles. The normalized spacial score (nSPS) is 15.4. The van der Waals surface area contributed by atoms with Crippen molar-refractivity contribution in [2.45, 2.75) is 19.9 Å². The van der Waals surface area contributed by atoms with E-state index in [1.54, 1.807) is 7.11 Å². The Morgan fingerprint density at radius 1 is 1.26 bits per heavy atom. The van der Waals surface area contributed by atoms with Gasteiger partial charge in [0.15, 0.2) is 11.5 Å². The molecule has 1 aliphatic heterocycles. The van der Waals surface area contributed by atoms with Crippen molar-refractivity contribution in [2.75, 3.05) is 32.2 Å². The molecular weight excluding hydrogens is 310 g/mol. The number of halogens is 1. The number of fused-ring (bicyclic) bond motifs is 1. The van der Waals surface area contributed by atoms with E-state index < -0.39 is 0 Å². The van der Waals surface area contributed by atoms with Crippen molar-refractivity contribution in [3.8, 4) is 11.5 Å². The minimum Gasteiger partial charge on any atom is -0.486 e. The Bertz CT molecular complexity index is 437. The molecule has 0 amide bonds. The number of rotatable bonds is 5. The lowest BCUT2D eigenvalue weighted by atomic mass is 10.0. The van der Waals surface area contributed by atoms with E-state index in [1.807, 2.05) is 12.1 Å². The molecule has 0 aromatic heterocycles. The van der Waals surface area contributed by atoms with Crippen molar-refractivity contribution in [1.82, 2.24) is 0 Å². The molecule has 2 rings (SSSR count). The fourth-order valence-corrected chi connectivity index (χ4v) is 2.39. The molecule has 106 valence electrons. The highest BCUT2D eigenvalue weighted by atomic mass is 79.9. The van der Waals surface area contributed by atoms with Gasteiger partial charge < -0.3 is 19.5 Å². The Kier molecular flexibility index (Phi) is 4.93. The van der Waals surface area contributed by atoms with Crippen LogP contribution >= 0.6 is 15.9 Å². The number of benzene rings is 1. The first-order chi connectivity index (χ1) is 9.11. The highest BCUT2D eigenvalue weighted by Crippen LogP contribution is 2.38. The summed E-state index contributed by atoms with van der Waals surface area (Å²) in [5.41, 5.74) is 1.00. The fraction of sp³-hybridized carbons (Fsp3) is 0.571. The molecule has 5 heteroatoms. The van der Waals surface area contributed by atoms with Gasteiger partial charge in [0.05, 0.1) is 18.3 Å². The van der Waals surface area contributed by atoms with Crippen molar-refractivity contribution in [2.24, 2.45) is 5.92 Å². The van der Waals surface area contributed by atoms with E-state index in [-0.39, 0.29) is 6.04 Å². The molecule has 0 spiro atoms. The number of hydrogen-bond donors (Lipinski definition) is 1. The van der Waals surface area contributed by atoms with Crippen molar-refractivity contribution in [3.05, 3.63) is 16.6 Å². The highest BCUT2D eigenvalue weighted by molar-refractivity contribution is 9.10. The average molecular weight is 330 g/mol. The quantitative estimate of drug-likeness (QED) is 0.899. The van der Waals surface area contributed by atoms with Gasteiger partial charge in [0.2, 0.25) is 0 Å². The van der Waals surface area contributed by atoms with Crippen molar-refractivity contribution in [3.63, 3.8) is 0 Å². The third-order valence-electron chi connectivity index (χ3n) is 3.12. The van der Waals surface area contributed by atoms with E-state index in [0.29, 0.717) is 25.7 Å². The summed E-state index contributed by atoms with van der Waals surface area (Å²) in [6.45, 7) is 6.20. The molecule has 0 fully saturated rings. The number of hydrogen-bond acceptors (Lipinski definition) is 4. The van der Waals surface area contributed by atoms with Crippen LogP contribution in [0.5, 0.6) is 11.5 Å². The number of ether oxygens (including phenoxy) is 3. The summed E-state index contributed by atoms with van der Waals surface area (Å²) in [7, 11) is 1.72. The van der Waals surface area contributed by atoms with Gasteiger partial charge in [-0.1, -0.05) is 13.8 Å². The third-order valence-corrected chi connectivity index (χ3v) is 3.78. The van der Waals surface area contributed by atoms with Gasteiger partial charge in [-0.3, -0.25) is 0 Å². The molecule has 1 aliphatic rings. The van der Waals surface area contributed by atoms with Crippen LogP contribution in [-0.2, 0) is 4.74 Å². The molecule has 1 unspecified atom stereocenters. The first kappa shape index (κ1) is 14.5. The van der Waals surface area contributed by atoms with Crippen LogP contribution in [-0.4, -0.2) is 33.0 Å². The molecule has 0 aliphatic carbocycles. The van der Waals surface area contributed by atoms with Gasteiger partial charge in [0.1, 0.15) is 13.2 Å². The third kappa shape index (κ3) is 3.54. The Balaban J connectivity index is 2.19. The SMILES string of the molecule is COCC(Nc1cc2c(cc1Br)OCCO2)C(C)C. The lowest BCUT2D eigenvalue weighted by molar-refractivity contribution is 0.169. The molecule has 0 saturated carbocycles. The van der Waals surface area contributed by atoms with Gasteiger partial charge in [-0.2, -0.15) is 0 Å². The monoisotopic (exact) mass is 329 g/mol. The van der Waals surface area contributed by atoms with E-state index in [1.165, 1.54) is 0 Å². The van der Waals surface area contributed by atoms with Crippen LogP contribution in [0, 0.1) is 5.92 Å². The summed E-state index contributed by atoms with van der Waals surface area (Å²) < 4.78 is 17.4. The Labute approximate surface area is 122 Å². The second-order valence-electron chi connectivity index (χ2n) is 4.93. The predicted octanol–water partition coefficient (Wildman–Crippen LogP) is 3.30. The standard InChI is InChI=1S/C14H20BrNO3/c1-9(2)12(8-17-3)16-11-7-14-13(6-10(11)15)18-4-5-19-14/h6-7,9,12,16H,4-5,8H2,1-3H3. The second kappa shape index (κ2) is 6.48. The first-order valence-electron chi connectivity index (χ1n) is 6.46. The molecule has 1 heterocycles. The zero-order valence-corrected chi connectivity index (χ0v) is 13.1. The van der Waals surface area contributed by atoms with Crippen LogP contribution in [0.3, 0.4) is 0 Å². The Morgan fingerprint density at radius 3 is 2.47 bits per heavy atom. The summed E-state index contributed by atoms with van der Waals surface area (Å²) >= 11 is 3.57. The van der Waals surface area contributed by atoms with Gasteiger partial charge in [0.25, 0.3) is 0 Å². The second-order valence-corrected chi connectivity index (χ2v) is 5.78. The average Bonchev–Trinajstić information content (AvgIpc) is 2.38. The van der Waals surface area contributed by atoms with E-state index >= 15 is 0 Å². The maximum atomic E-state index is 5.60. The largest absolute Gasteiger partial charge is 0.486 e. The van der Waals surface area contributed by atoms with Crippen LogP contribution in [0.1, 0.15) is 13.8 Å². The van der Waals surface area contributed by atoms with Crippen LogP contribution in [0.15, 0.2) is 16.6 Å².